The van der Waals surface area contributed by atoms with Gasteiger partial charge in [0.05, 0.1) is 41.1 Å². The molecule has 0 aliphatic rings. The van der Waals surface area contributed by atoms with Crippen LogP contribution in [0.2, 0.25) is 0 Å². The molecule has 4 rings (SSSR count). The molecule has 0 atom stereocenters. The van der Waals surface area contributed by atoms with Crippen molar-refractivity contribution in [3.63, 3.8) is 0 Å². The van der Waals surface area contributed by atoms with Crippen LogP contribution in [0.25, 0.3) is 0 Å². The third kappa shape index (κ3) is 17.7. The first-order chi connectivity index (χ1) is 24.1. The molecule has 0 unspecified atom stereocenters. The summed E-state index contributed by atoms with van der Waals surface area (Å²) in [5.41, 5.74) is 4.93. The predicted octanol–water partition coefficient (Wildman–Crippen LogP) is 6.53. The molecule has 0 aliphatic carbocycles. The Labute approximate surface area is 341 Å². The van der Waals surface area contributed by atoms with Gasteiger partial charge in [-0.15, -0.1) is 0 Å². The molecule has 0 saturated carbocycles. The second-order valence-electron chi connectivity index (χ2n) is 11.0. The quantitative estimate of drug-likeness (QED) is 0.0752. The molecule has 2 aromatic heterocycles. The van der Waals surface area contributed by atoms with E-state index >= 15 is 0 Å². The molecule has 2 aromatic carbocycles. The Morgan fingerprint density at radius 1 is 0.722 bits per heavy atom. The van der Waals surface area contributed by atoms with E-state index in [1.807, 2.05) is 64.1 Å². The Hall–Kier alpha value is -3.53. The number of pyridine rings is 2. The minimum atomic E-state index is -3.72. The molecule has 0 bridgehead atoms. The first-order valence-electron chi connectivity index (χ1n) is 16.2. The van der Waals surface area contributed by atoms with Gasteiger partial charge in [0.25, 0.3) is 0 Å². The van der Waals surface area contributed by atoms with E-state index in [1.54, 1.807) is 18.3 Å². The van der Waals surface area contributed by atoms with Crippen LogP contribution in [-0.4, -0.2) is 52.4 Å². The minimum absolute atomic E-state index is 0. The fourth-order valence-corrected chi connectivity index (χ4v) is 7.70. The molecule has 54 heavy (non-hydrogen) atoms. The smallest absolute Gasteiger partial charge is 0.465 e. The van der Waals surface area contributed by atoms with Gasteiger partial charge < -0.3 is 16.4 Å². The third-order valence-corrected chi connectivity index (χ3v) is 10.9. The first kappa shape index (κ1) is 54.8. The SMILES string of the molecule is C.C.CCc1cccc(C)c1CS(=O)(=O)c1cccnc1.CCc1cccc(C)c1CS(=O)(=O)c1cnccc1C(=O)OC.COC(=O)Cl.[CH2-]CCC.[Li+]. The average Bonchev–Trinajstić information content (AvgIpc) is 3.13. The van der Waals surface area contributed by atoms with E-state index in [4.69, 9.17) is 0 Å². The molecule has 2 heterocycles. The number of hydrogen-bond donors (Lipinski definition) is 0. The van der Waals surface area contributed by atoms with Crippen LogP contribution in [0.1, 0.15) is 92.2 Å². The van der Waals surface area contributed by atoms with E-state index in [2.05, 4.69) is 44.9 Å². The number of aryl methyl sites for hydroxylation is 4. The number of methoxy groups -OCH3 is 2. The van der Waals surface area contributed by atoms with E-state index in [9.17, 15) is 26.4 Å². The van der Waals surface area contributed by atoms with E-state index < -0.39 is 31.1 Å². The van der Waals surface area contributed by atoms with Crippen molar-refractivity contribution < 1.29 is 54.8 Å². The number of halogens is 1. The summed E-state index contributed by atoms with van der Waals surface area (Å²) in [6, 6.07) is 16.2. The van der Waals surface area contributed by atoms with Crippen LogP contribution in [0.5, 0.6) is 0 Å². The second kappa shape index (κ2) is 28.0. The number of carbonyl (C=O) groups is 2. The summed E-state index contributed by atoms with van der Waals surface area (Å²) in [7, 11) is -4.61. The first-order valence-corrected chi connectivity index (χ1v) is 19.9. The topological polar surface area (TPSA) is 147 Å². The van der Waals surface area contributed by atoms with Crippen LogP contribution in [0.15, 0.2) is 89.2 Å². The number of benzene rings is 2. The molecule has 0 fully saturated rings. The zero-order valence-corrected chi connectivity index (χ0v) is 33.7. The van der Waals surface area contributed by atoms with E-state index in [0.717, 1.165) is 52.6 Å². The van der Waals surface area contributed by atoms with Crippen molar-refractivity contribution >= 4 is 42.7 Å². The molecule has 0 amide bonds. The number of sulfone groups is 2. The summed E-state index contributed by atoms with van der Waals surface area (Å²) >= 11 is 4.60. The predicted molar refractivity (Wildman–Crippen MR) is 215 cm³/mol. The summed E-state index contributed by atoms with van der Waals surface area (Å²) in [5.74, 6) is -0.820. The van der Waals surface area contributed by atoms with Gasteiger partial charge in [-0.3, -0.25) is 9.97 Å². The maximum Gasteiger partial charge on any atom is 1.00 e. The minimum Gasteiger partial charge on any atom is -0.465 e. The molecule has 0 spiro atoms. The molecule has 10 nitrogen and oxygen atoms in total. The second-order valence-corrected chi connectivity index (χ2v) is 15.3. The summed E-state index contributed by atoms with van der Waals surface area (Å²) in [6.07, 6.45) is 9.40. The summed E-state index contributed by atoms with van der Waals surface area (Å²) in [4.78, 5) is 29.1. The van der Waals surface area contributed by atoms with Gasteiger partial charge in [0.2, 0.25) is 0 Å². The number of carbonyl (C=O) groups excluding carboxylic acids is 2. The van der Waals surface area contributed by atoms with Crippen LogP contribution < -0.4 is 18.9 Å². The van der Waals surface area contributed by atoms with Crippen molar-refractivity contribution in [3.8, 4) is 0 Å². The number of aromatic nitrogens is 2. The van der Waals surface area contributed by atoms with Gasteiger partial charge in [0.1, 0.15) is 0 Å². The van der Waals surface area contributed by atoms with Crippen molar-refractivity contribution in [3.05, 3.63) is 125 Å². The van der Waals surface area contributed by atoms with E-state index in [-0.39, 0.29) is 60.6 Å². The zero-order valence-electron chi connectivity index (χ0n) is 31.3. The van der Waals surface area contributed by atoms with Crippen LogP contribution in [0.3, 0.4) is 0 Å². The monoisotopic (exact) mass is 798 g/mol. The molecule has 0 radical (unpaired) electrons. The Morgan fingerprint density at radius 2 is 1.19 bits per heavy atom. The zero-order chi connectivity index (χ0) is 38.6. The molecule has 0 aliphatic heterocycles. The van der Waals surface area contributed by atoms with Crippen LogP contribution >= 0.6 is 11.6 Å². The summed E-state index contributed by atoms with van der Waals surface area (Å²) in [6.45, 7) is 13.6. The van der Waals surface area contributed by atoms with Crippen molar-refractivity contribution in [1.82, 2.24) is 9.97 Å². The van der Waals surface area contributed by atoms with Crippen LogP contribution in [-0.2, 0) is 53.5 Å². The van der Waals surface area contributed by atoms with E-state index in [0.29, 0.717) is 0 Å². The maximum absolute atomic E-state index is 12.8. The Bertz CT molecular complexity index is 1920. The number of nitrogens with zero attached hydrogens (tertiary/aromatic N) is 2. The van der Waals surface area contributed by atoms with Crippen molar-refractivity contribution in [1.29, 1.82) is 0 Å². The Kier molecular flexibility index (Phi) is 28.4. The normalized spacial score (nSPS) is 10.0. The number of ether oxygens (including phenoxy) is 2. The summed E-state index contributed by atoms with van der Waals surface area (Å²) < 4.78 is 58.9. The van der Waals surface area contributed by atoms with Gasteiger partial charge in [-0.05, 0) is 78.3 Å². The standard InChI is InChI=1S/C17H19NO4S.C15H17NO2S.C4H9.C2H3ClO2.2CH4.Li/c1-4-13-7-5-6-12(2)15(13)11-23(20,21)16-10-18-9-8-14(16)17(19)22-3;1-3-13-7-4-6-12(2)15(13)11-19(17,18)14-8-5-9-16-10-14;1-3-4-2;1-5-2(3)4;;;/h5-10H,4,11H2,1-3H3;4-10H,3,11H2,1-2H3;1,3-4H2,2H3;1H3;2*1H4;/q;;-1;;;;+1. The van der Waals surface area contributed by atoms with Gasteiger partial charge in [0, 0.05) is 36.4 Å². The fraction of sp³-hybridized carbons (Fsp3) is 0.375. The summed E-state index contributed by atoms with van der Waals surface area (Å²) in [5, 5.41) is 0. The van der Waals surface area contributed by atoms with Crippen molar-refractivity contribution in [2.45, 2.75) is 96.5 Å². The number of esters is 1. The van der Waals surface area contributed by atoms with Gasteiger partial charge in [-0.1, -0.05) is 78.4 Å². The molecule has 14 heteroatoms. The molecule has 4 aromatic rings. The van der Waals surface area contributed by atoms with Gasteiger partial charge in [-0.2, -0.15) is 6.42 Å². The number of hydrogen-bond acceptors (Lipinski definition) is 10. The Morgan fingerprint density at radius 3 is 1.57 bits per heavy atom. The van der Waals surface area contributed by atoms with Gasteiger partial charge in [0.15, 0.2) is 19.7 Å². The maximum atomic E-state index is 12.8. The van der Waals surface area contributed by atoms with Crippen molar-refractivity contribution in [2.24, 2.45) is 0 Å². The molecule has 0 saturated heterocycles. The number of unbranched alkanes of at least 4 members (excludes halogenated alkanes) is 1. The van der Waals surface area contributed by atoms with Crippen LogP contribution in [0, 0.1) is 20.8 Å². The Balaban J connectivity index is -0.000000758. The molecule has 0 N–H and O–H groups in total. The largest absolute Gasteiger partial charge is 1.00 e. The average molecular weight is 799 g/mol. The van der Waals surface area contributed by atoms with Crippen molar-refractivity contribution in [2.75, 3.05) is 14.2 Å². The number of rotatable bonds is 10. The van der Waals surface area contributed by atoms with Gasteiger partial charge >= 0.3 is 30.3 Å². The van der Waals surface area contributed by atoms with E-state index in [1.165, 1.54) is 45.3 Å². The third-order valence-electron chi connectivity index (χ3n) is 7.48. The molecule has 294 valence electrons. The molecular weight excluding hydrogens is 743 g/mol. The van der Waals surface area contributed by atoms with Crippen LogP contribution in [0.4, 0.5) is 4.79 Å². The fourth-order valence-electron chi connectivity index (χ4n) is 4.58. The van der Waals surface area contributed by atoms with Gasteiger partial charge in [-0.25, -0.2) is 26.4 Å². The molecular formula is C40H56ClLiN2O8S2.